The Kier molecular flexibility index (Phi) is 2.24. The van der Waals surface area contributed by atoms with E-state index in [9.17, 15) is 0 Å². The minimum atomic E-state index is 0.791. The molecule has 0 N–H and O–H groups in total. The van der Waals surface area contributed by atoms with E-state index in [4.69, 9.17) is 0 Å². The van der Waals surface area contributed by atoms with Crippen LogP contribution in [-0.4, -0.2) is 4.98 Å². The first kappa shape index (κ1) is 9.59. The van der Waals surface area contributed by atoms with Gasteiger partial charge >= 0.3 is 0 Å². The third-order valence-electron chi connectivity index (χ3n) is 3.15. The molecule has 1 saturated carbocycles. The van der Waals surface area contributed by atoms with E-state index < -0.39 is 0 Å². The smallest absolute Gasteiger partial charge is 0.0702 e. The number of hydrogen-bond acceptors (Lipinski definition) is 1. The van der Waals surface area contributed by atoms with Crippen LogP contribution in [0.4, 0.5) is 0 Å². The highest BCUT2D eigenvalue weighted by molar-refractivity contribution is 5.60. The molecule has 0 atom stereocenters. The lowest BCUT2D eigenvalue weighted by molar-refractivity contribution is 1.09. The topological polar surface area (TPSA) is 12.9 Å². The van der Waals surface area contributed by atoms with Crippen molar-refractivity contribution in [3.05, 3.63) is 53.7 Å². The highest BCUT2D eigenvalue weighted by Gasteiger charge is 2.23. The fourth-order valence-electron chi connectivity index (χ4n) is 2.04. The van der Waals surface area contributed by atoms with Gasteiger partial charge in [-0.25, -0.2) is 0 Å². The van der Waals surface area contributed by atoms with Crippen LogP contribution in [0.3, 0.4) is 0 Å². The average molecular weight is 209 g/mol. The van der Waals surface area contributed by atoms with Crippen LogP contribution in [-0.2, 0) is 0 Å². The third-order valence-corrected chi connectivity index (χ3v) is 3.15. The fraction of sp³-hybridized carbons (Fsp3) is 0.267. The molecular weight excluding hydrogens is 194 g/mol. The molecular formula is C15H15N. The molecule has 16 heavy (non-hydrogen) atoms. The molecule has 1 nitrogen and oxygen atoms in total. The fourth-order valence-corrected chi connectivity index (χ4v) is 2.04. The molecule has 1 aromatic heterocycles. The first-order chi connectivity index (χ1) is 7.83. The zero-order chi connectivity index (χ0) is 11.0. The summed E-state index contributed by atoms with van der Waals surface area (Å²) in [4.78, 5) is 4.55. The van der Waals surface area contributed by atoms with Crippen molar-refractivity contribution in [2.24, 2.45) is 0 Å². The van der Waals surface area contributed by atoms with Crippen molar-refractivity contribution in [1.82, 2.24) is 4.98 Å². The number of benzene rings is 1. The van der Waals surface area contributed by atoms with Crippen molar-refractivity contribution in [1.29, 1.82) is 0 Å². The predicted octanol–water partition coefficient (Wildman–Crippen LogP) is 3.93. The second-order valence-electron chi connectivity index (χ2n) is 4.62. The van der Waals surface area contributed by atoms with Gasteiger partial charge < -0.3 is 0 Å². The maximum atomic E-state index is 4.55. The van der Waals surface area contributed by atoms with Gasteiger partial charge in [0.05, 0.1) is 5.69 Å². The molecule has 0 bridgehead atoms. The highest BCUT2D eigenvalue weighted by Crippen LogP contribution is 2.39. The van der Waals surface area contributed by atoms with Crippen molar-refractivity contribution in [2.45, 2.75) is 25.7 Å². The first-order valence-corrected chi connectivity index (χ1v) is 5.86. The quantitative estimate of drug-likeness (QED) is 0.730. The highest BCUT2D eigenvalue weighted by atomic mass is 14.7. The number of rotatable bonds is 2. The molecule has 0 amide bonds. The van der Waals surface area contributed by atoms with Gasteiger partial charge in [0.25, 0.3) is 0 Å². The third kappa shape index (κ3) is 1.85. The van der Waals surface area contributed by atoms with Gasteiger partial charge in [-0.05, 0) is 43.4 Å². The zero-order valence-corrected chi connectivity index (χ0v) is 9.48. The maximum absolute atomic E-state index is 4.55. The molecule has 80 valence electrons. The van der Waals surface area contributed by atoms with Gasteiger partial charge in [0.1, 0.15) is 0 Å². The number of aromatic nitrogens is 1. The molecule has 1 heteroatoms. The van der Waals surface area contributed by atoms with Gasteiger partial charge in [0, 0.05) is 11.8 Å². The molecule has 0 radical (unpaired) electrons. The van der Waals surface area contributed by atoms with E-state index in [1.54, 1.807) is 0 Å². The summed E-state index contributed by atoms with van der Waals surface area (Å²) < 4.78 is 0. The van der Waals surface area contributed by atoms with E-state index in [0.29, 0.717) is 0 Å². The van der Waals surface area contributed by atoms with Crippen LogP contribution in [0, 0.1) is 6.92 Å². The monoisotopic (exact) mass is 209 g/mol. The lowest BCUT2D eigenvalue weighted by Gasteiger charge is -2.03. The largest absolute Gasteiger partial charge is 0.256 e. The summed E-state index contributed by atoms with van der Waals surface area (Å²) >= 11 is 0. The Morgan fingerprint density at radius 1 is 1.12 bits per heavy atom. The summed E-state index contributed by atoms with van der Waals surface area (Å²) in [6.45, 7) is 2.11. The van der Waals surface area contributed by atoms with Crippen LogP contribution in [0.5, 0.6) is 0 Å². The van der Waals surface area contributed by atoms with Crippen molar-refractivity contribution >= 4 is 0 Å². The van der Waals surface area contributed by atoms with E-state index in [2.05, 4.69) is 48.3 Å². The molecule has 0 spiro atoms. The Morgan fingerprint density at radius 3 is 2.62 bits per heavy atom. The molecule has 0 aliphatic heterocycles. The van der Waals surface area contributed by atoms with Crippen molar-refractivity contribution < 1.29 is 0 Å². The molecule has 3 rings (SSSR count). The van der Waals surface area contributed by atoms with Crippen LogP contribution >= 0.6 is 0 Å². The molecule has 0 saturated heterocycles. The molecule has 1 heterocycles. The number of hydrogen-bond donors (Lipinski definition) is 0. The van der Waals surface area contributed by atoms with Crippen LogP contribution in [0.2, 0.25) is 0 Å². The van der Waals surface area contributed by atoms with Gasteiger partial charge in [-0.15, -0.1) is 0 Å². The Hall–Kier alpha value is -1.63. The Bertz CT molecular complexity index is 495. The van der Waals surface area contributed by atoms with Gasteiger partial charge in [0.2, 0.25) is 0 Å². The van der Waals surface area contributed by atoms with E-state index in [1.807, 2.05) is 6.20 Å². The molecule has 0 unspecified atom stereocenters. The van der Waals surface area contributed by atoms with E-state index in [-0.39, 0.29) is 0 Å². The van der Waals surface area contributed by atoms with Gasteiger partial charge in [-0.1, -0.05) is 29.8 Å². The van der Waals surface area contributed by atoms with Crippen molar-refractivity contribution in [2.75, 3.05) is 0 Å². The average Bonchev–Trinajstić information content (AvgIpc) is 3.13. The SMILES string of the molecule is Cc1cccc(-c2ccc(C3CC3)cn2)c1. The van der Waals surface area contributed by atoms with Crippen LogP contribution in [0.25, 0.3) is 11.3 Å². The van der Waals surface area contributed by atoms with Crippen LogP contribution in [0.15, 0.2) is 42.6 Å². The zero-order valence-electron chi connectivity index (χ0n) is 9.48. The minimum absolute atomic E-state index is 0.791. The maximum Gasteiger partial charge on any atom is 0.0702 e. The number of nitrogens with zero attached hydrogens (tertiary/aromatic N) is 1. The standard InChI is InChI=1S/C15H15N/c1-11-3-2-4-13(9-11)15-8-7-14(10-16-15)12-5-6-12/h2-4,7-10,12H,5-6H2,1H3. The Labute approximate surface area is 96.2 Å². The summed E-state index contributed by atoms with van der Waals surface area (Å²) in [5.74, 6) is 0.791. The first-order valence-electron chi connectivity index (χ1n) is 5.86. The van der Waals surface area contributed by atoms with E-state index in [0.717, 1.165) is 11.6 Å². The summed E-state index contributed by atoms with van der Waals surface area (Å²) in [6.07, 6.45) is 4.71. The summed E-state index contributed by atoms with van der Waals surface area (Å²) in [5, 5.41) is 0. The summed E-state index contributed by atoms with van der Waals surface area (Å²) in [6, 6.07) is 12.9. The molecule has 1 fully saturated rings. The lowest BCUT2D eigenvalue weighted by atomic mass is 10.1. The Morgan fingerprint density at radius 2 is 2.00 bits per heavy atom. The molecule has 1 aromatic carbocycles. The second-order valence-corrected chi connectivity index (χ2v) is 4.62. The van der Waals surface area contributed by atoms with Crippen molar-refractivity contribution in [3.8, 4) is 11.3 Å². The van der Waals surface area contributed by atoms with Crippen LogP contribution in [0.1, 0.15) is 29.9 Å². The summed E-state index contributed by atoms with van der Waals surface area (Å²) in [7, 11) is 0. The molecule has 1 aliphatic rings. The normalized spacial score (nSPS) is 15.1. The predicted molar refractivity (Wildman–Crippen MR) is 66.4 cm³/mol. The van der Waals surface area contributed by atoms with Crippen molar-refractivity contribution in [3.63, 3.8) is 0 Å². The van der Waals surface area contributed by atoms with Crippen LogP contribution < -0.4 is 0 Å². The molecule has 1 aliphatic carbocycles. The van der Waals surface area contributed by atoms with E-state index in [1.165, 1.54) is 29.5 Å². The van der Waals surface area contributed by atoms with Gasteiger partial charge in [-0.3, -0.25) is 4.98 Å². The number of aryl methyl sites for hydroxylation is 1. The molecule has 2 aromatic rings. The Balaban J connectivity index is 1.94. The van der Waals surface area contributed by atoms with Gasteiger partial charge in [-0.2, -0.15) is 0 Å². The second kappa shape index (κ2) is 3.75. The van der Waals surface area contributed by atoms with Gasteiger partial charge in [0.15, 0.2) is 0 Å². The van der Waals surface area contributed by atoms with E-state index >= 15 is 0 Å². The number of pyridine rings is 1. The lowest BCUT2D eigenvalue weighted by Crippen LogP contribution is -1.86. The minimum Gasteiger partial charge on any atom is -0.256 e. The summed E-state index contributed by atoms with van der Waals surface area (Å²) in [5.41, 5.74) is 4.97.